The Morgan fingerprint density at radius 3 is 2.83 bits per heavy atom. The minimum atomic E-state index is 0.132. The summed E-state index contributed by atoms with van der Waals surface area (Å²) in [4.78, 5) is 12.1. The van der Waals surface area contributed by atoms with Gasteiger partial charge in [-0.3, -0.25) is 4.79 Å². The fourth-order valence-electron chi connectivity index (χ4n) is 2.29. The number of rotatable bonds is 3. The molecule has 98 valence electrons. The Labute approximate surface area is 118 Å². The highest BCUT2D eigenvalue weighted by atomic mass is 35.5. The molecule has 1 aliphatic rings. The molecule has 0 aliphatic carbocycles. The molecule has 0 spiro atoms. The highest BCUT2D eigenvalue weighted by Gasteiger charge is 2.17. The van der Waals surface area contributed by atoms with Crippen molar-refractivity contribution in [2.24, 2.45) is 0 Å². The van der Waals surface area contributed by atoms with E-state index < -0.39 is 0 Å². The van der Waals surface area contributed by atoms with Gasteiger partial charge in [-0.2, -0.15) is 0 Å². The van der Waals surface area contributed by atoms with Gasteiger partial charge in [0.05, 0.1) is 10.0 Å². The summed E-state index contributed by atoms with van der Waals surface area (Å²) < 4.78 is 0. The molecule has 2 nitrogen and oxygen atoms in total. The van der Waals surface area contributed by atoms with Crippen LogP contribution < -0.4 is 5.32 Å². The lowest BCUT2D eigenvalue weighted by Crippen LogP contribution is -2.30. The largest absolute Gasteiger partial charge is 0.314 e. The quantitative estimate of drug-likeness (QED) is 0.848. The Morgan fingerprint density at radius 2 is 2.06 bits per heavy atom. The van der Waals surface area contributed by atoms with Crippen LogP contribution in [0, 0.1) is 0 Å². The topological polar surface area (TPSA) is 29.1 Å². The Balaban J connectivity index is 1.99. The number of hydrogen-bond acceptors (Lipinski definition) is 2. The maximum Gasteiger partial charge on any atom is 0.164 e. The molecule has 0 amide bonds. The summed E-state index contributed by atoms with van der Waals surface area (Å²) in [5.41, 5.74) is 0.649. The lowest BCUT2D eigenvalue weighted by atomic mass is 10.0. The number of benzene rings is 1. The minimum absolute atomic E-state index is 0.132. The van der Waals surface area contributed by atoms with Crippen LogP contribution in [-0.2, 0) is 0 Å². The molecule has 1 aromatic carbocycles. The standard InChI is InChI=1S/C14H17Cl2NO/c15-12-6-5-10(8-13(12)16)14(18)9-11-4-2-1-3-7-17-11/h5-6,8,11,17H,1-4,7,9H2. The Morgan fingerprint density at radius 1 is 1.22 bits per heavy atom. The van der Waals surface area contributed by atoms with Gasteiger partial charge in [0.25, 0.3) is 0 Å². The zero-order valence-corrected chi connectivity index (χ0v) is 11.7. The highest BCUT2D eigenvalue weighted by Crippen LogP contribution is 2.24. The molecule has 0 saturated carbocycles. The minimum Gasteiger partial charge on any atom is -0.314 e. The van der Waals surface area contributed by atoms with E-state index >= 15 is 0 Å². The molecule has 1 saturated heterocycles. The van der Waals surface area contributed by atoms with Crippen molar-refractivity contribution in [3.05, 3.63) is 33.8 Å². The van der Waals surface area contributed by atoms with E-state index in [4.69, 9.17) is 23.2 Å². The predicted octanol–water partition coefficient (Wildman–Crippen LogP) is 4.10. The molecule has 0 aromatic heterocycles. The van der Waals surface area contributed by atoms with Gasteiger partial charge in [0, 0.05) is 18.0 Å². The molecule has 1 aromatic rings. The molecule has 0 bridgehead atoms. The maximum absolute atomic E-state index is 12.1. The molecule has 1 unspecified atom stereocenters. The average Bonchev–Trinajstić information content (AvgIpc) is 2.61. The van der Waals surface area contributed by atoms with Crippen LogP contribution in [0.2, 0.25) is 10.0 Å². The zero-order valence-electron chi connectivity index (χ0n) is 10.2. The molecule has 18 heavy (non-hydrogen) atoms. The van der Waals surface area contributed by atoms with Crippen LogP contribution in [0.5, 0.6) is 0 Å². The molecule has 1 heterocycles. The van der Waals surface area contributed by atoms with Crippen LogP contribution in [0.4, 0.5) is 0 Å². The Kier molecular flexibility index (Phi) is 5.04. The van der Waals surface area contributed by atoms with Crippen molar-refractivity contribution in [2.45, 2.75) is 38.1 Å². The summed E-state index contributed by atoms with van der Waals surface area (Å²) in [5, 5.41) is 4.36. The molecule has 1 fully saturated rings. The first-order chi connectivity index (χ1) is 8.66. The monoisotopic (exact) mass is 285 g/mol. The van der Waals surface area contributed by atoms with E-state index in [0.29, 0.717) is 28.1 Å². The number of hydrogen-bond donors (Lipinski definition) is 1. The van der Waals surface area contributed by atoms with Crippen molar-refractivity contribution in [2.75, 3.05) is 6.54 Å². The van der Waals surface area contributed by atoms with Crippen LogP contribution in [0.15, 0.2) is 18.2 Å². The van der Waals surface area contributed by atoms with E-state index in [9.17, 15) is 4.79 Å². The van der Waals surface area contributed by atoms with E-state index in [-0.39, 0.29) is 5.78 Å². The van der Waals surface area contributed by atoms with Crippen molar-refractivity contribution >= 4 is 29.0 Å². The molecule has 2 rings (SSSR count). The van der Waals surface area contributed by atoms with Gasteiger partial charge < -0.3 is 5.32 Å². The summed E-state index contributed by atoms with van der Waals surface area (Å²) in [7, 11) is 0. The van der Waals surface area contributed by atoms with Gasteiger partial charge >= 0.3 is 0 Å². The van der Waals surface area contributed by atoms with Crippen LogP contribution in [0.1, 0.15) is 42.5 Å². The number of nitrogens with one attached hydrogen (secondary N) is 1. The lowest BCUT2D eigenvalue weighted by Gasteiger charge is -2.14. The van der Waals surface area contributed by atoms with E-state index in [1.54, 1.807) is 18.2 Å². The summed E-state index contributed by atoms with van der Waals surface area (Å²) in [6.07, 6.45) is 5.28. The van der Waals surface area contributed by atoms with Crippen molar-refractivity contribution < 1.29 is 4.79 Å². The van der Waals surface area contributed by atoms with E-state index in [1.165, 1.54) is 19.3 Å². The first-order valence-corrected chi connectivity index (χ1v) is 7.14. The summed E-state index contributed by atoms with van der Waals surface area (Å²) in [5.74, 6) is 0.132. The zero-order chi connectivity index (χ0) is 13.0. The second-order valence-electron chi connectivity index (χ2n) is 4.76. The van der Waals surface area contributed by atoms with Gasteiger partial charge in [0.1, 0.15) is 0 Å². The van der Waals surface area contributed by atoms with Crippen LogP contribution in [-0.4, -0.2) is 18.4 Å². The van der Waals surface area contributed by atoms with Gasteiger partial charge in [-0.15, -0.1) is 0 Å². The van der Waals surface area contributed by atoms with E-state index in [1.807, 2.05) is 0 Å². The molecule has 0 radical (unpaired) electrons. The molecule has 1 atom stereocenters. The molecular weight excluding hydrogens is 269 g/mol. The summed E-state index contributed by atoms with van der Waals surface area (Å²) in [6, 6.07) is 5.38. The third kappa shape index (κ3) is 3.71. The molecule has 1 aliphatic heterocycles. The normalized spacial score (nSPS) is 20.4. The SMILES string of the molecule is O=C(CC1CCCCCN1)c1ccc(Cl)c(Cl)c1. The first kappa shape index (κ1) is 13.9. The van der Waals surface area contributed by atoms with Crippen LogP contribution >= 0.6 is 23.2 Å². The van der Waals surface area contributed by atoms with Crippen LogP contribution in [0.25, 0.3) is 0 Å². The van der Waals surface area contributed by atoms with Gasteiger partial charge in [-0.05, 0) is 37.6 Å². The van der Waals surface area contributed by atoms with Crippen molar-refractivity contribution in [1.82, 2.24) is 5.32 Å². The van der Waals surface area contributed by atoms with Crippen molar-refractivity contribution in [3.63, 3.8) is 0 Å². The number of Topliss-reactive ketones (excluding diaryl/α,β-unsaturated/α-hetero) is 1. The molecular formula is C14H17Cl2NO. The van der Waals surface area contributed by atoms with Gasteiger partial charge in [0.15, 0.2) is 5.78 Å². The summed E-state index contributed by atoms with van der Waals surface area (Å²) >= 11 is 11.8. The number of carbonyl (C=O) groups is 1. The number of halogens is 2. The molecule has 1 N–H and O–H groups in total. The Bertz CT molecular complexity index is 426. The number of carbonyl (C=O) groups excluding carboxylic acids is 1. The van der Waals surface area contributed by atoms with Crippen molar-refractivity contribution in [3.8, 4) is 0 Å². The Hall–Kier alpha value is -0.570. The van der Waals surface area contributed by atoms with Gasteiger partial charge in [-0.1, -0.05) is 36.0 Å². The lowest BCUT2D eigenvalue weighted by molar-refractivity contribution is 0.0968. The van der Waals surface area contributed by atoms with Crippen molar-refractivity contribution in [1.29, 1.82) is 0 Å². The van der Waals surface area contributed by atoms with Crippen LogP contribution in [0.3, 0.4) is 0 Å². The highest BCUT2D eigenvalue weighted by molar-refractivity contribution is 6.42. The third-order valence-electron chi connectivity index (χ3n) is 3.34. The summed E-state index contributed by atoms with van der Waals surface area (Å²) in [6.45, 7) is 1.01. The van der Waals surface area contributed by atoms with E-state index in [2.05, 4.69) is 5.32 Å². The third-order valence-corrected chi connectivity index (χ3v) is 4.07. The van der Waals surface area contributed by atoms with E-state index in [0.717, 1.165) is 13.0 Å². The second-order valence-corrected chi connectivity index (χ2v) is 5.57. The average molecular weight is 286 g/mol. The maximum atomic E-state index is 12.1. The fraction of sp³-hybridized carbons (Fsp3) is 0.500. The predicted molar refractivity (Wildman–Crippen MR) is 75.7 cm³/mol. The molecule has 4 heteroatoms. The fourth-order valence-corrected chi connectivity index (χ4v) is 2.58. The van der Waals surface area contributed by atoms with Gasteiger partial charge in [-0.25, -0.2) is 0 Å². The first-order valence-electron chi connectivity index (χ1n) is 6.38. The second kappa shape index (κ2) is 6.55. The number of ketones is 1. The van der Waals surface area contributed by atoms with Gasteiger partial charge in [0.2, 0.25) is 0 Å². The smallest absolute Gasteiger partial charge is 0.164 e.